The first-order valence-corrected chi connectivity index (χ1v) is 4.29. The molecule has 0 aromatic heterocycles. The largest absolute Gasteiger partial charge is 0.0883 e. The molecular weight excluding hydrogens is 120 g/mol. The van der Waals surface area contributed by atoms with Crippen molar-refractivity contribution < 1.29 is 0 Å². The fraction of sp³-hybridized carbons (Fsp3) is 0.700. The van der Waals surface area contributed by atoms with Crippen LogP contribution in [0.3, 0.4) is 0 Å². The third kappa shape index (κ3) is 2.55. The van der Waals surface area contributed by atoms with Gasteiger partial charge in [-0.05, 0) is 37.5 Å². The minimum atomic E-state index is 0.701. The maximum absolute atomic E-state index is 4.10. The average Bonchev–Trinajstić information content (AvgIpc) is 1.90. The molecule has 0 aromatic rings. The van der Waals surface area contributed by atoms with Crippen LogP contribution in [0.2, 0.25) is 0 Å². The summed E-state index contributed by atoms with van der Waals surface area (Å²) in [5.74, 6) is 1.48. The average molecular weight is 137 g/mol. The van der Waals surface area contributed by atoms with E-state index in [0.29, 0.717) is 5.92 Å². The lowest BCUT2D eigenvalue weighted by atomic mass is 9.91. The minimum Gasteiger partial charge on any atom is -0.0883 e. The minimum absolute atomic E-state index is 0.701. The molecule has 0 spiro atoms. The fourth-order valence-corrected chi connectivity index (χ4v) is 1.40. The maximum atomic E-state index is 4.10. The summed E-state index contributed by atoms with van der Waals surface area (Å²) >= 11 is 0. The summed E-state index contributed by atoms with van der Waals surface area (Å²) in [6, 6.07) is 0. The Morgan fingerprint density at radius 2 is 2.10 bits per heavy atom. The highest BCUT2D eigenvalue weighted by Gasteiger charge is 2.06. The van der Waals surface area contributed by atoms with Gasteiger partial charge in [0, 0.05) is 0 Å². The lowest BCUT2D eigenvalue weighted by molar-refractivity contribution is 0.470. The Balaban J connectivity index is 2.38. The molecular formula is C10H17. The van der Waals surface area contributed by atoms with E-state index in [-0.39, 0.29) is 0 Å². The van der Waals surface area contributed by atoms with E-state index in [2.05, 4.69) is 26.0 Å². The molecule has 0 amide bonds. The molecule has 1 radical (unpaired) electrons. The summed E-state index contributed by atoms with van der Waals surface area (Å²) in [6.45, 7) is 6.39. The van der Waals surface area contributed by atoms with Crippen molar-refractivity contribution in [2.24, 2.45) is 11.8 Å². The first kappa shape index (κ1) is 7.84. The molecule has 0 aromatic carbocycles. The molecule has 2 atom stereocenters. The van der Waals surface area contributed by atoms with Crippen LogP contribution in [0.5, 0.6) is 0 Å². The zero-order valence-electron chi connectivity index (χ0n) is 6.84. The van der Waals surface area contributed by atoms with E-state index >= 15 is 0 Å². The molecule has 0 saturated heterocycles. The maximum Gasteiger partial charge on any atom is -0.0262 e. The zero-order valence-corrected chi connectivity index (χ0v) is 6.84. The highest BCUT2D eigenvalue weighted by molar-refractivity contribution is 4.89. The third-order valence-electron chi connectivity index (χ3n) is 2.24. The van der Waals surface area contributed by atoms with E-state index in [1.165, 1.54) is 25.7 Å². The molecule has 0 heterocycles. The number of hydrogen-bond acceptors (Lipinski definition) is 0. The summed E-state index contributed by atoms with van der Waals surface area (Å²) in [7, 11) is 0. The van der Waals surface area contributed by atoms with Crippen molar-refractivity contribution in [2.45, 2.75) is 32.6 Å². The molecule has 2 unspecified atom stereocenters. The Kier molecular flexibility index (Phi) is 2.98. The zero-order chi connectivity index (χ0) is 7.40. The topological polar surface area (TPSA) is 0 Å². The normalized spacial score (nSPS) is 35.0. The quantitative estimate of drug-likeness (QED) is 0.450. The molecule has 57 valence electrons. The Morgan fingerprint density at radius 1 is 1.30 bits per heavy atom. The van der Waals surface area contributed by atoms with Crippen LogP contribution in [0, 0.1) is 18.8 Å². The Bertz CT molecular complexity index is 113. The SMILES string of the molecule is [CH2]C1CCC=CC(C)CC1. The number of hydrogen-bond donors (Lipinski definition) is 0. The molecule has 1 aliphatic rings. The molecule has 0 fully saturated rings. The molecule has 0 heteroatoms. The first-order chi connectivity index (χ1) is 4.79. The lowest BCUT2D eigenvalue weighted by Gasteiger charge is -2.14. The lowest BCUT2D eigenvalue weighted by Crippen LogP contribution is -2.01. The van der Waals surface area contributed by atoms with E-state index in [1.54, 1.807) is 0 Å². The molecule has 0 nitrogen and oxygen atoms in total. The molecule has 1 aliphatic carbocycles. The van der Waals surface area contributed by atoms with Gasteiger partial charge in [0.05, 0.1) is 0 Å². The van der Waals surface area contributed by atoms with Gasteiger partial charge in [0.1, 0.15) is 0 Å². The molecule has 10 heavy (non-hydrogen) atoms. The van der Waals surface area contributed by atoms with E-state index in [1.807, 2.05) is 0 Å². The molecule has 0 bridgehead atoms. The van der Waals surface area contributed by atoms with Crippen molar-refractivity contribution in [1.29, 1.82) is 0 Å². The number of allylic oxidation sites excluding steroid dienone is 2. The van der Waals surface area contributed by atoms with Gasteiger partial charge in [-0.1, -0.05) is 26.0 Å². The van der Waals surface area contributed by atoms with Gasteiger partial charge in [0.2, 0.25) is 0 Å². The van der Waals surface area contributed by atoms with Gasteiger partial charge in [-0.2, -0.15) is 0 Å². The van der Waals surface area contributed by atoms with Gasteiger partial charge < -0.3 is 0 Å². The molecule has 1 rings (SSSR count). The summed E-state index contributed by atoms with van der Waals surface area (Å²) in [5, 5.41) is 0. The van der Waals surface area contributed by atoms with Crippen molar-refractivity contribution in [3.8, 4) is 0 Å². The van der Waals surface area contributed by atoms with E-state index in [0.717, 1.165) is 5.92 Å². The van der Waals surface area contributed by atoms with Crippen LogP contribution in [0.25, 0.3) is 0 Å². The molecule has 0 N–H and O–H groups in total. The van der Waals surface area contributed by atoms with Crippen molar-refractivity contribution in [3.05, 3.63) is 19.1 Å². The summed E-state index contributed by atoms with van der Waals surface area (Å²) < 4.78 is 0. The molecule has 0 saturated carbocycles. The van der Waals surface area contributed by atoms with Crippen molar-refractivity contribution in [2.75, 3.05) is 0 Å². The summed E-state index contributed by atoms with van der Waals surface area (Å²) in [5.41, 5.74) is 0. The highest BCUT2D eigenvalue weighted by atomic mass is 14.1. The van der Waals surface area contributed by atoms with E-state index in [4.69, 9.17) is 0 Å². The highest BCUT2D eigenvalue weighted by Crippen LogP contribution is 2.20. The Morgan fingerprint density at radius 3 is 2.90 bits per heavy atom. The smallest absolute Gasteiger partial charge is 0.0262 e. The van der Waals surface area contributed by atoms with Gasteiger partial charge in [-0.15, -0.1) is 0 Å². The molecule has 0 aliphatic heterocycles. The van der Waals surface area contributed by atoms with Crippen LogP contribution >= 0.6 is 0 Å². The van der Waals surface area contributed by atoms with Gasteiger partial charge in [0.25, 0.3) is 0 Å². The van der Waals surface area contributed by atoms with Gasteiger partial charge >= 0.3 is 0 Å². The Hall–Kier alpha value is -0.260. The van der Waals surface area contributed by atoms with Gasteiger partial charge in [-0.25, -0.2) is 0 Å². The first-order valence-electron chi connectivity index (χ1n) is 4.29. The fourth-order valence-electron chi connectivity index (χ4n) is 1.40. The van der Waals surface area contributed by atoms with Crippen LogP contribution in [-0.2, 0) is 0 Å². The second-order valence-electron chi connectivity index (χ2n) is 3.43. The standard InChI is InChI=1S/C10H17/c1-9-5-3-4-6-10(2)8-7-9/h4,6,9-10H,1,3,5,7-8H2,2H3. The van der Waals surface area contributed by atoms with Crippen LogP contribution in [0.4, 0.5) is 0 Å². The third-order valence-corrected chi connectivity index (χ3v) is 2.24. The van der Waals surface area contributed by atoms with Crippen molar-refractivity contribution in [3.63, 3.8) is 0 Å². The van der Waals surface area contributed by atoms with Crippen molar-refractivity contribution >= 4 is 0 Å². The van der Waals surface area contributed by atoms with Crippen LogP contribution in [0.15, 0.2) is 12.2 Å². The van der Waals surface area contributed by atoms with E-state index in [9.17, 15) is 0 Å². The predicted molar refractivity (Wildman–Crippen MR) is 45.6 cm³/mol. The summed E-state index contributed by atoms with van der Waals surface area (Å²) in [6.07, 6.45) is 9.80. The number of rotatable bonds is 0. The van der Waals surface area contributed by atoms with Gasteiger partial charge in [0.15, 0.2) is 0 Å². The predicted octanol–water partition coefficient (Wildman–Crippen LogP) is 3.20. The summed E-state index contributed by atoms with van der Waals surface area (Å²) in [4.78, 5) is 0. The van der Waals surface area contributed by atoms with Crippen LogP contribution < -0.4 is 0 Å². The monoisotopic (exact) mass is 137 g/mol. The van der Waals surface area contributed by atoms with Crippen LogP contribution in [0.1, 0.15) is 32.6 Å². The van der Waals surface area contributed by atoms with E-state index < -0.39 is 0 Å². The second-order valence-corrected chi connectivity index (χ2v) is 3.43. The second kappa shape index (κ2) is 3.80. The Labute approximate surface area is 64.3 Å². The van der Waals surface area contributed by atoms with Crippen LogP contribution in [-0.4, -0.2) is 0 Å². The van der Waals surface area contributed by atoms with Gasteiger partial charge in [-0.3, -0.25) is 0 Å². The van der Waals surface area contributed by atoms with Crippen molar-refractivity contribution in [1.82, 2.24) is 0 Å².